The van der Waals surface area contributed by atoms with Gasteiger partial charge in [-0.3, -0.25) is 10.1 Å². The lowest BCUT2D eigenvalue weighted by molar-refractivity contribution is -0.115. The third-order valence-electron chi connectivity index (χ3n) is 3.47. The Balaban J connectivity index is 2.25. The summed E-state index contributed by atoms with van der Waals surface area (Å²) in [6.07, 6.45) is 1.27. The van der Waals surface area contributed by atoms with Crippen molar-refractivity contribution in [1.82, 2.24) is 5.32 Å². The summed E-state index contributed by atoms with van der Waals surface area (Å²) in [6.45, 7) is 0.137. The van der Waals surface area contributed by atoms with E-state index in [4.69, 9.17) is 15.6 Å². The lowest BCUT2D eigenvalue weighted by Crippen LogP contribution is -2.35. The molecule has 0 atom stereocenters. The molecule has 0 aromatic heterocycles. The fourth-order valence-electron chi connectivity index (χ4n) is 2.15. The van der Waals surface area contributed by atoms with Gasteiger partial charge in [-0.2, -0.15) is 5.26 Å². The normalized spacial score (nSPS) is 10.6. The van der Waals surface area contributed by atoms with Crippen LogP contribution < -0.4 is 15.8 Å². The number of halogens is 1. The highest BCUT2D eigenvalue weighted by molar-refractivity contribution is 9.10. The van der Waals surface area contributed by atoms with E-state index in [2.05, 4.69) is 15.9 Å². The molecule has 8 nitrogen and oxygen atoms in total. The number of nitrogens with one attached hydrogen (secondary N) is 1. The Hall–Kier alpha value is -3.64. The molecule has 0 spiro atoms. The van der Waals surface area contributed by atoms with E-state index in [0.717, 1.165) is 5.56 Å². The van der Waals surface area contributed by atoms with Crippen molar-refractivity contribution in [1.29, 1.82) is 5.26 Å². The number of primary amides is 1. The Morgan fingerprint density at radius 2 is 1.89 bits per heavy atom. The largest absolute Gasteiger partial charge is 0.488 e. The SMILES string of the molecule is N#C/C(=C\c1cc(Br)ccc1OCc1ccc(C(=O)O)cc1)C(=O)NC(N)=O. The molecular formula is C19H14BrN3O5. The maximum absolute atomic E-state index is 11.8. The van der Waals surface area contributed by atoms with Gasteiger partial charge in [0.15, 0.2) is 0 Å². The molecule has 0 unspecified atom stereocenters. The van der Waals surface area contributed by atoms with Crippen molar-refractivity contribution >= 4 is 39.9 Å². The summed E-state index contributed by atoms with van der Waals surface area (Å²) in [6, 6.07) is 11.8. The van der Waals surface area contributed by atoms with Gasteiger partial charge >= 0.3 is 12.0 Å². The second-order valence-electron chi connectivity index (χ2n) is 5.46. The van der Waals surface area contributed by atoms with Crippen LogP contribution in [0.25, 0.3) is 6.08 Å². The van der Waals surface area contributed by atoms with Crippen molar-refractivity contribution in [2.24, 2.45) is 5.73 Å². The number of carbonyl (C=O) groups excluding carboxylic acids is 2. The van der Waals surface area contributed by atoms with Crippen molar-refractivity contribution in [3.63, 3.8) is 0 Å². The number of hydrogen-bond acceptors (Lipinski definition) is 5. The summed E-state index contributed by atoms with van der Waals surface area (Å²) in [5.74, 6) is -1.57. The molecule has 3 amide bonds. The van der Waals surface area contributed by atoms with Crippen LogP contribution in [-0.2, 0) is 11.4 Å². The van der Waals surface area contributed by atoms with Gasteiger partial charge in [-0.05, 0) is 42.0 Å². The molecule has 0 aliphatic carbocycles. The fraction of sp³-hybridized carbons (Fsp3) is 0.0526. The van der Waals surface area contributed by atoms with Crippen molar-refractivity contribution in [2.75, 3.05) is 0 Å². The third-order valence-corrected chi connectivity index (χ3v) is 3.96. The molecule has 0 saturated carbocycles. The van der Waals surface area contributed by atoms with Crippen LogP contribution in [0.4, 0.5) is 4.79 Å². The smallest absolute Gasteiger partial charge is 0.335 e. The van der Waals surface area contributed by atoms with Crippen LogP contribution in [0.1, 0.15) is 21.5 Å². The summed E-state index contributed by atoms with van der Waals surface area (Å²) in [5, 5.41) is 19.9. The predicted molar refractivity (Wildman–Crippen MR) is 103 cm³/mol. The van der Waals surface area contributed by atoms with E-state index in [0.29, 0.717) is 15.8 Å². The number of carboxylic acids is 1. The van der Waals surface area contributed by atoms with Crippen LogP contribution in [0.5, 0.6) is 5.75 Å². The molecule has 0 heterocycles. The molecule has 28 heavy (non-hydrogen) atoms. The molecule has 4 N–H and O–H groups in total. The van der Waals surface area contributed by atoms with Gasteiger partial charge in [-0.15, -0.1) is 0 Å². The Kier molecular flexibility index (Phi) is 6.90. The van der Waals surface area contributed by atoms with Crippen LogP contribution in [0.15, 0.2) is 52.5 Å². The zero-order chi connectivity index (χ0) is 20.7. The maximum atomic E-state index is 11.8. The van der Waals surface area contributed by atoms with Crippen molar-refractivity contribution in [3.8, 4) is 11.8 Å². The number of nitrogens with zero attached hydrogens (tertiary/aromatic N) is 1. The number of rotatable bonds is 6. The molecule has 2 aromatic carbocycles. The quantitative estimate of drug-likeness (QED) is 0.462. The molecule has 0 aliphatic rings. The van der Waals surface area contributed by atoms with E-state index >= 15 is 0 Å². The first-order valence-electron chi connectivity index (χ1n) is 7.77. The van der Waals surface area contributed by atoms with Gasteiger partial charge in [0.1, 0.15) is 24.0 Å². The lowest BCUT2D eigenvalue weighted by Gasteiger charge is -2.11. The number of benzene rings is 2. The second-order valence-corrected chi connectivity index (χ2v) is 6.38. The zero-order valence-corrected chi connectivity index (χ0v) is 15.9. The third kappa shape index (κ3) is 5.69. The Morgan fingerprint density at radius 3 is 2.46 bits per heavy atom. The highest BCUT2D eigenvalue weighted by Gasteiger charge is 2.13. The first-order chi connectivity index (χ1) is 13.3. The number of imide groups is 1. The molecule has 2 aromatic rings. The minimum absolute atomic E-state index is 0.137. The Labute approximate surface area is 168 Å². The van der Waals surface area contributed by atoms with Gasteiger partial charge in [0, 0.05) is 10.0 Å². The summed E-state index contributed by atoms with van der Waals surface area (Å²) in [4.78, 5) is 33.6. The molecule has 0 radical (unpaired) electrons. The molecule has 0 aliphatic heterocycles. The Morgan fingerprint density at radius 1 is 1.21 bits per heavy atom. The monoisotopic (exact) mass is 443 g/mol. The summed E-state index contributed by atoms with van der Waals surface area (Å²) in [5.41, 5.74) is 5.89. The second kappa shape index (κ2) is 9.34. The van der Waals surface area contributed by atoms with E-state index in [9.17, 15) is 19.6 Å². The number of urea groups is 1. The first-order valence-corrected chi connectivity index (χ1v) is 8.56. The summed E-state index contributed by atoms with van der Waals surface area (Å²) in [7, 11) is 0. The number of carbonyl (C=O) groups is 3. The van der Waals surface area contributed by atoms with Gasteiger partial charge in [0.25, 0.3) is 5.91 Å². The standard InChI is InChI=1S/C19H14BrN3O5/c20-15-5-6-16(28-10-11-1-3-12(4-2-11)18(25)26)13(8-15)7-14(9-21)17(24)23-19(22)27/h1-8H,10H2,(H,25,26)(H3,22,23,24,27)/b14-7+. The van der Waals surface area contributed by atoms with E-state index in [1.165, 1.54) is 18.2 Å². The number of ether oxygens (including phenoxy) is 1. The van der Waals surface area contributed by atoms with Gasteiger partial charge in [-0.1, -0.05) is 28.1 Å². The highest BCUT2D eigenvalue weighted by atomic mass is 79.9. The van der Waals surface area contributed by atoms with Crippen LogP contribution in [-0.4, -0.2) is 23.0 Å². The minimum Gasteiger partial charge on any atom is -0.488 e. The van der Waals surface area contributed by atoms with Crippen LogP contribution in [0.3, 0.4) is 0 Å². The van der Waals surface area contributed by atoms with Crippen molar-refractivity contribution < 1.29 is 24.2 Å². The Bertz CT molecular complexity index is 994. The lowest BCUT2D eigenvalue weighted by atomic mass is 10.1. The number of carboxylic acid groups (broad SMARTS) is 1. The van der Waals surface area contributed by atoms with Crippen molar-refractivity contribution in [2.45, 2.75) is 6.61 Å². The van der Waals surface area contributed by atoms with E-state index in [1.54, 1.807) is 36.4 Å². The average molecular weight is 444 g/mol. The molecule has 2 rings (SSSR count). The van der Waals surface area contributed by atoms with Crippen LogP contribution >= 0.6 is 15.9 Å². The van der Waals surface area contributed by atoms with Crippen molar-refractivity contribution in [3.05, 3.63) is 69.2 Å². The molecule has 0 bridgehead atoms. The van der Waals surface area contributed by atoms with E-state index in [1.807, 2.05) is 5.32 Å². The molecule has 9 heteroatoms. The number of aromatic carboxylic acids is 1. The van der Waals surface area contributed by atoms with E-state index in [-0.39, 0.29) is 17.7 Å². The number of nitrogens with two attached hydrogens (primary N) is 1. The summed E-state index contributed by atoms with van der Waals surface area (Å²) >= 11 is 3.31. The van der Waals surface area contributed by atoms with E-state index < -0.39 is 17.9 Å². The minimum atomic E-state index is -1.07. The number of hydrogen-bond donors (Lipinski definition) is 3. The van der Waals surface area contributed by atoms with Gasteiger partial charge < -0.3 is 15.6 Å². The van der Waals surface area contributed by atoms with Gasteiger partial charge in [-0.25, -0.2) is 9.59 Å². The van der Waals surface area contributed by atoms with Gasteiger partial charge in [0.05, 0.1) is 5.56 Å². The fourth-order valence-corrected chi connectivity index (χ4v) is 2.53. The first kappa shape index (κ1) is 20.7. The molecule has 0 fully saturated rings. The summed E-state index contributed by atoms with van der Waals surface area (Å²) < 4.78 is 6.42. The maximum Gasteiger partial charge on any atom is 0.335 e. The molecule has 142 valence electrons. The molecule has 0 saturated heterocycles. The topological polar surface area (TPSA) is 143 Å². The predicted octanol–water partition coefficient (Wildman–Crippen LogP) is 2.83. The highest BCUT2D eigenvalue weighted by Crippen LogP contribution is 2.26. The number of amides is 3. The zero-order valence-electron chi connectivity index (χ0n) is 14.3. The average Bonchev–Trinajstić information content (AvgIpc) is 2.65. The van der Waals surface area contributed by atoms with Gasteiger partial charge in [0.2, 0.25) is 0 Å². The van der Waals surface area contributed by atoms with Crippen LogP contribution in [0, 0.1) is 11.3 Å². The molecular weight excluding hydrogens is 430 g/mol. The number of nitriles is 1. The van der Waals surface area contributed by atoms with Crippen LogP contribution in [0.2, 0.25) is 0 Å².